The van der Waals surface area contributed by atoms with Gasteiger partial charge < -0.3 is 21.1 Å². The molecule has 1 aromatic rings. The van der Waals surface area contributed by atoms with Crippen LogP contribution in [0.25, 0.3) is 0 Å². The van der Waals surface area contributed by atoms with Gasteiger partial charge in [-0.05, 0) is 37.8 Å². The van der Waals surface area contributed by atoms with Gasteiger partial charge in [-0.1, -0.05) is 13.8 Å². The molecule has 2 fully saturated rings. The van der Waals surface area contributed by atoms with Crippen LogP contribution in [0.2, 0.25) is 0 Å². The van der Waals surface area contributed by atoms with Gasteiger partial charge in [0.05, 0.1) is 6.10 Å². The van der Waals surface area contributed by atoms with Crippen molar-refractivity contribution >= 4 is 24.3 Å². The minimum Gasteiger partial charge on any atom is -0.392 e. The molecule has 1 aromatic heterocycles. The Kier molecular flexibility index (Phi) is 6.24. The number of carbonyl (C=O) groups is 1. The van der Waals surface area contributed by atoms with Crippen LogP contribution < -0.4 is 11.1 Å². The molecule has 0 aliphatic carbocycles. The highest BCUT2D eigenvalue weighted by atomic mass is 35.5. The Hall–Kier alpha value is -1.44. The highest BCUT2D eigenvalue weighted by Crippen LogP contribution is 2.36. The van der Waals surface area contributed by atoms with Crippen LogP contribution in [0.3, 0.4) is 0 Å². The van der Waals surface area contributed by atoms with E-state index in [1.807, 2.05) is 18.7 Å². The molecule has 140 valence electrons. The van der Waals surface area contributed by atoms with Crippen molar-refractivity contribution in [2.45, 2.75) is 45.1 Å². The second-order valence-electron chi connectivity index (χ2n) is 7.36. The lowest BCUT2D eigenvalue weighted by molar-refractivity contribution is -0.0434. The Morgan fingerprint density at radius 2 is 2.24 bits per heavy atom. The van der Waals surface area contributed by atoms with Gasteiger partial charge in [0.25, 0.3) is 5.91 Å². The van der Waals surface area contributed by atoms with Gasteiger partial charge in [-0.3, -0.25) is 4.79 Å². The Labute approximate surface area is 154 Å². The van der Waals surface area contributed by atoms with Crippen LogP contribution >= 0.6 is 12.4 Å². The maximum Gasteiger partial charge on any atom is 0.272 e. The monoisotopic (exact) mass is 369 g/mol. The van der Waals surface area contributed by atoms with Crippen LogP contribution in [0, 0.1) is 5.41 Å². The fourth-order valence-electron chi connectivity index (χ4n) is 3.80. The summed E-state index contributed by atoms with van der Waals surface area (Å²) in [5, 5.41) is 13.9. The lowest BCUT2D eigenvalue weighted by atomic mass is 9.72. The highest BCUT2D eigenvalue weighted by molar-refractivity contribution is 5.92. The summed E-state index contributed by atoms with van der Waals surface area (Å²) >= 11 is 0. The van der Waals surface area contributed by atoms with Gasteiger partial charge >= 0.3 is 0 Å². The van der Waals surface area contributed by atoms with Crippen molar-refractivity contribution in [2.24, 2.45) is 5.41 Å². The van der Waals surface area contributed by atoms with Gasteiger partial charge in [-0.25, -0.2) is 9.97 Å². The predicted octanol–water partition coefficient (Wildman–Crippen LogP) is 1.18. The van der Waals surface area contributed by atoms with Crippen molar-refractivity contribution in [3.63, 3.8) is 0 Å². The largest absolute Gasteiger partial charge is 0.392 e. The zero-order valence-electron chi connectivity index (χ0n) is 14.9. The van der Waals surface area contributed by atoms with Crippen LogP contribution in [-0.2, 0) is 0 Å². The predicted molar refractivity (Wildman–Crippen MR) is 98.8 cm³/mol. The maximum absolute atomic E-state index is 12.9. The average molecular weight is 370 g/mol. The molecule has 0 unspecified atom stereocenters. The van der Waals surface area contributed by atoms with Gasteiger partial charge in [0.1, 0.15) is 5.69 Å². The summed E-state index contributed by atoms with van der Waals surface area (Å²) in [4.78, 5) is 23.1. The van der Waals surface area contributed by atoms with E-state index in [0.29, 0.717) is 18.8 Å². The van der Waals surface area contributed by atoms with E-state index in [4.69, 9.17) is 5.73 Å². The molecule has 7 nitrogen and oxygen atoms in total. The Bertz CT molecular complexity index is 623. The minimum absolute atomic E-state index is 0. The molecule has 2 atom stereocenters. The molecule has 2 aliphatic rings. The van der Waals surface area contributed by atoms with Gasteiger partial charge in [-0.15, -0.1) is 12.4 Å². The summed E-state index contributed by atoms with van der Waals surface area (Å²) in [5.41, 5.74) is 6.66. The second kappa shape index (κ2) is 7.85. The lowest BCUT2D eigenvalue weighted by Crippen LogP contribution is -2.58. The van der Waals surface area contributed by atoms with Crippen molar-refractivity contribution in [1.29, 1.82) is 0 Å². The number of nitrogens with zero attached hydrogens (tertiary/aromatic N) is 3. The number of nitrogens with two attached hydrogens (primary N) is 1. The molecule has 3 rings (SSSR count). The van der Waals surface area contributed by atoms with E-state index in [1.54, 1.807) is 6.07 Å². The van der Waals surface area contributed by atoms with Crippen molar-refractivity contribution in [3.8, 4) is 0 Å². The average Bonchev–Trinajstić information content (AvgIpc) is 2.56. The van der Waals surface area contributed by atoms with E-state index in [1.165, 1.54) is 0 Å². The van der Waals surface area contributed by atoms with Crippen molar-refractivity contribution in [3.05, 3.63) is 17.5 Å². The fraction of sp³-hybridized carbons (Fsp3) is 0.706. The number of nitrogens with one attached hydrogen (secondary N) is 1. The number of aliphatic hydroxyl groups is 1. The third kappa shape index (κ3) is 4.04. The van der Waals surface area contributed by atoms with E-state index < -0.39 is 0 Å². The molecule has 1 spiro atoms. The molecule has 1 amide bonds. The quantitative estimate of drug-likeness (QED) is 0.723. The number of halogens is 1. The number of hydrogen-bond acceptors (Lipinski definition) is 6. The summed E-state index contributed by atoms with van der Waals surface area (Å²) in [6, 6.07) is 1.74. The topological polar surface area (TPSA) is 104 Å². The first-order valence-electron chi connectivity index (χ1n) is 8.74. The molecule has 0 saturated carbocycles. The number of likely N-dealkylation sites (tertiary alicyclic amines) is 1. The van der Waals surface area contributed by atoms with Crippen LogP contribution in [0.1, 0.15) is 55.2 Å². The van der Waals surface area contributed by atoms with E-state index in [9.17, 15) is 9.90 Å². The minimum atomic E-state index is -0.365. The Morgan fingerprint density at radius 3 is 2.92 bits per heavy atom. The smallest absolute Gasteiger partial charge is 0.272 e. The van der Waals surface area contributed by atoms with E-state index in [-0.39, 0.29) is 41.7 Å². The van der Waals surface area contributed by atoms with Gasteiger partial charge in [0, 0.05) is 30.7 Å². The zero-order chi connectivity index (χ0) is 17.3. The Morgan fingerprint density at radius 1 is 1.48 bits per heavy atom. The number of aliphatic hydroxyl groups excluding tert-OH is 1. The van der Waals surface area contributed by atoms with E-state index >= 15 is 0 Å². The van der Waals surface area contributed by atoms with E-state index in [0.717, 1.165) is 38.0 Å². The first-order chi connectivity index (χ1) is 11.4. The molecule has 0 radical (unpaired) electrons. The SMILES string of the molecule is CC(C)c1cc(C(=O)N2CCC[C@]3(CNCC[C@@H]3O)C2)nc(N)n1.Cl. The number of aromatic nitrogens is 2. The first kappa shape index (κ1) is 19.9. The van der Waals surface area contributed by atoms with Crippen molar-refractivity contribution in [2.75, 3.05) is 31.9 Å². The standard InChI is InChI=1S/C17H27N5O2.ClH/c1-11(2)12-8-13(21-16(18)20-12)15(24)22-7-3-5-17(10-22)9-19-6-4-14(17)23;/h8,11,14,19,23H,3-7,9-10H2,1-2H3,(H2,18,20,21);1H/t14-,17-;/m0./s1. The summed E-state index contributed by atoms with van der Waals surface area (Å²) < 4.78 is 0. The molecule has 0 bridgehead atoms. The number of hydrogen-bond donors (Lipinski definition) is 3. The summed E-state index contributed by atoms with van der Waals surface area (Å²) in [6.45, 7) is 6.85. The van der Waals surface area contributed by atoms with Crippen molar-refractivity contribution < 1.29 is 9.90 Å². The molecular weight excluding hydrogens is 342 g/mol. The van der Waals surface area contributed by atoms with E-state index in [2.05, 4.69) is 15.3 Å². The first-order valence-corrected chi connectivity index (χ1v) is 8.74. The summed E-state index contributed by atoms with van der Waals surface area (Å²) in [7, 11) is 0. The fourth-order valence-corrected chi connectivity index (χ4v) is 3.80. The molecule has 4 N–H and O–H groups in total. The molecule has 2 saturated heterocycles. The maximum atomic E-state index is 12.9. The van der Waals surface area contributed by atoms with Crippen molar-refractivity contribution in [1.82, 2.24) is 20.2 Å². The number of anilines is 1. The molecule has 2 aliphatic heterocycles. The summed E-state index contributed by atoms with van der Waals surface area (Å²) in [5.74, 6) is 0.192. The lowest BCUT2D eigenvalue weighted by Gasteiger charge is -2.48. The number of rotatable bonds is 2. The van der Waals surface area contributed by atoms with Crippen LogP contribution in [0.5, 0.6) is 0 Å². The molecular formula is C17H28ClN5O2. The van der Waals surface area contributed by atoms with Gasteiger partial charge in [-0.2, -0.15) is 0 Å². The molecule has 8 heteroatoms. The van der Waals surface area contributed by atoms with Crippen LogP contribution in [-0.4, -0.2) is 58.2 Å². The number of nitrogen functional groups attached to an aromatic ring is 1. The third-order valence-corrected chi connectivity index (χ3v) is 5.25. The molecule has 25 heavy (non-hydrogen) atoms. The number of carbonyl (C=O) groups excluding carboxylic acids is 1. The van der Waals surface area contributed by atoms with Gasteiger partial charge in [0.2, 0.25) is 5.95 Å². The molecule has 0 aromatic carbocycles. The Balaban J connectivity index is 0.00000225. The van der Waals surface area contributed by atoms with Crippen LogP contribution in [0.15, 0.2) is 6.07 Å². The second-order valence-corrected chi connectivity index (χ2v) is 7.36. The highest BCUT2D eigenvalue weighted by Gasteiger charge is 2.44. The molecule has 3 heterocycles. The number of piperidine rings is 2. The van der Waals surface area contributed by atoms with Gasteiger partial charge in [0.15, 0.2) is 0 Å². The summed E-state index contributed by atoms with van der Waals surface area (Å²) in [6.07, 6.45) is 2.20. The normalized spacial score (nSPS) is 26.6. The third-order valence-electron chi connectivity index (χ3n) is 5.25. The number of amides is 1. The van der Waals surface area contributed by atoms with Crippen LogP contribution in [0.4, 0.5) is 5.95 Å². The zero-order valence-corrected chi connectivity index (χ0v) is 15.7.